The van der Waals surface area contributed by atoms with Crippen LogP contribution in [0.3, 0.4) is 0 Å². The molecule has 0 aliphatic heterocycles. The number of carbonyl (C=O) groups is 1. The van der Waals surface area contributed by atoms with Gasteiger partial charge in [-0.1, -0.05) is 12.1 Å². The van der Waals surface area contributed by atoms with E-state index in [1.54, 1.807) is 17.3 Å². The second-order valence-corrected chi connectivity index (χ2v) is 7.86. The number of rotatable bonds is 6. The molecule has 0 unspecified atom stereocenters. The molecule has 0 amide bonds. The Morgan fingerprint density at radius 2 is 1.69 bits per heavy atom. The van der Waals surface area contributed by atoms with Crippen molar-refractivity contribution in [1.29, 1.82) is 0 Å². The maximum absolute atomic E-state index is 12.7. The third-order valence-corrected chi connectivity index (χ3v) is 5.00. The minimum Gasteiger partial charge on any atom is -0.507 e. The second kappa shape index (κ2) is 8.95. The van der Waals surface area contributed by atoms with E-state index in [4.69, 9.17) is 0 Å². The van der Waals surface area contributed by atoms with Crippen LogP contribution in [0.2, 0.25) is 0 Å². The van der Waals surface area contributed by atoms with Crippen LogP contribution in [0.15, 0.2) is 35.7 Å². The first-order valence-electron chi connectivity index (χ1n) is 9.02. The van der Waals surface area contributed by atoms with Gasteiger partial charge in [0.05, 0.1) is 4.90 Å². The Bertz CT molecular complexity index is 1000. The van der Waals surface area contributed by atoms with E-state index in [0.29, 0.717) is 35.3 Å². The number of thioether (sulfide) groups is 1. The van der Waals surface area contributed by atoms with Crippen LogP contribution in [0.5, 0.6) is 5.75 Å². The van der Waals surface area contributed by atoms with E-state index in [9.17, 15) is 9.90 Å². The van der Waals surface area contributed by atoms with Gasteiger partial charge in [0.15, 0.2) is 0 Å². The van der Waals surface area contributed by atoms with Crippen molar-refractivity contribution in [2.75, 3.05) is 19.0 Å². The monoisotopic (exact) mass is 410 g/mol. The van der Waals surface area contributed by atoms with Crippen LogP contribution in [0.4, 0.5) is 5.95 Å². The number of aromatic nitrogens is 5. The number of anilines is 1. The van der Waals surface area contributed by atoms with Gasteiger partial charge < -0.3 is 10.0 Å². The lowest BCUT2D eigenvalue weighted by Gasteiger charge is -2.13. The maximum Gasteiger partial charge on any atom is 0.261 e. The van der Waals surface area contributed by atoms with E-state index < -0.39 is 0 Å². The highest BCUT2D eigenvalue weighted by atomic mass is 32.2. The van der Waals surface area contributed by atoms with Crippen LogP contribution < -0.4 is 4.90 Å². The Morgan fingerprint density at radius 3 is 2.31 bits per heavy atom. The summed E-state index contributed by atoms with van der Waals surface area (Å²) < 4.78 is 0. The van der Waals surface area contributed by atoms with Crippen molar-refractivity contribution in [1.82, 2.24) is 24.9 Å². The summed E-state index contributed by atoms with van der Waals surface area (Å²) in [4.78, 5) is 36.0. The summed E-state index contributed by atoms with van der Waals surface area (Å²) in [6.45, 7) is 3.75. The molecule has 29 heavy (non-hydrogen) atoms. The molecule has 0 aliphatic carbocycles. The minimum atomic E-state index is -0.289. The van der Waals surface area contributed by atoms with Crippen molar-refractivity contribution in [3.63, 3.8) is 0 Å². The van der Waals surface area contributed by atoms with Gasteiger partial charge in [-0.3, -0.25) is 4.79 Å². The lowest BCUT2D eigenvalue weighted by molar-refractivity contribution is 0.107. The molecule has 3 aromatic rings. The summed E-state index contributed by atoms with van der Waals surface area (Å²) in [5.41, 5.74) is 2.75. The van der Waals surface area contributed by atoms with Crippen LogP contribution in [0.25, 0.3) is 0 Å². The first-order valence-corrected chi connectivity index (χ1v) is 9.83. The quantitative estimate of drug-likeness (QED) is 0.614. The lowest BCUT2D eigenvalue weighted by atomic mass is 10.0. The Hall–Kier alpha value is -3.07. The molecule has 0 bridgehead atoms. The zero-order valence-electron chi connectivity index (χ0n) is 16.7. The first kappa shape index (κ1) is 20.7. The highest BCUT2D eigenvalue weighted by molar-refractivity contribution is 8.14. The number of phenols is 1. The zero-order valence-corrected chi connectivity index (χ0v) is 17.6. The Morgan fingerprint density at radius 1 is 1.03 bits per heavy atom. The van der Waals surface area contributed by atoms with E-state index in [2.05, 4.69) is 24.9 Å². The molecule has 150 valence electrons. The van der Waals surface area contributed by atoms with Gasteiger partial charge in [-0.25, -0.2) is 15.0 Å². The van der Waals surface area contributed by atoms with E-state index in [0.717, 1.165) is 28.5 Å². The smallest absolute Gasteiger partial charge is 0.261 e. The number of benzene rings is 1. The van der Waals surface area contributed by atoms with E-state index in [-0.39, 0.29) is 10.9 Å². The van der Waals surface area contributed by atoms with Gasteiger partial charge in [-0.2, -0.15) is 9.97 Å². The molecule has 2 aromatic heterocycles. The summed E-state index contributed by atoms with van der Waals surface area (Å²) in [5.74, 6) is 1.39. The van der Waals surface area contributed by atoms with Crippen LogP contribution in [-0.2, 0) is 12.8 Å². The summed E-state index contributed by atoms with van der Waals surface area (Å²) >= 11 is 0.983. The van der Waals surface area contributed by atoms with Crippen molar-refractivity contribution in [3.05, 3.63) is 59.2 Å². The number of phenolic OH excluding ortho intramolecular Hbond substituents is 1. The molecule has 0 atom stereocenters. The van der Waals surface area contributed by atoms with Crippen molar-refractivity contribution in [2.45, 2.75) is 31.6 Å². The standard InChI is InChI=1S/C20H22N6O2S/c1-12-7-14(8-13(2)17(12)27)5-6-16-23-18(25-20(24-16)26(3)4)19(28)29-15-9-21-11-22-10-15/h7-11,27H,5-6H2,1-4H3. The molecule has 0 saturated carbocycles. The van der Waals surface area contributed by atoms with Crippen LogP contribution in [-0.4, -0.2) is 49.2 Å². The largest absolute Gasteiger partial charge is 0.507 e. The Kier molecular flexibility index (Phi) is 6.38. The number of aryl methyl sites for hydroxylation is 4. The van der Waals surface area contributed by atoms with Crippen molar-refractivity contribution < 1.29 is 9.90 Å². The molecule has 0 aliphatic rings. The Balaban J connectivity index is 1.82. The predicted octanol–water partition coefficient (Wildman–Crippen LogP) is 2.77. The third kappa shape index (κ3) is 5.26. The molecule has 0 fully saturated rings. The summed E-state index contributed by atoms with van der Waals surface area (Å²) in [6.07, 6.45) is 5.78. The van der Waals surface area contributed by atoms with Gasteiger partial charge in [0, 0.05) is 32.9 Å². The number of aromatic hydroxyl groups is 1. The van der Waals surface area contributed by atoms with Gasteiger partial charge in [0.2, 0.25) is 11.8 Å². The SMILES string of the molecule is Cc1cc(CCc2nc(C(=O)Sc3cncnc3)nc(N(C)C)n2)cc(C)c1O. The highest BCUT2D eigenvalue weighted by Crippen LogP contribution is 2.24. The second-order valence-electron chi connectivity index (χ2n) is 6.81. The topological polar surface area (TPSA) is 105 Å². The number of hydrogen-bond acceptors (Lipinski definition) is 9. The highest BCUT2D eigenvalue weighted by Gasteiger charge is 2.17. The summed E-state index contributed by atoms with van der Waals surface area (Å²) in [6, 6.07) is 3.90. The number of hydrogen-bond donors (Lipinski definition) is 1. The average molecular weight is 411 g/mol. The van der Waals surface area contributed by atoms with E-state index >= 15 is 0 Å². The minimum absolute atomic E-state index is 0.102. The summed E-state index contributed by atoms with van der Waals surface area (Å²) in [5, 5.41) is 9.66. The molecule has 8 nitrogen and oxygen atoms in total. The molecular weight excluding hydrogens is 388 g/mol. The van der Waals surface area contributed by atoms with Gasteiger partial charge in [-0.05, 0) is 48.7 Å². The maximum atomic E-state index is 12.7. The lowest BCUT2D eigenvalue weighted by Crippen LogP contribution is -2.18. The first-order chi connectivity index (χ1) is 13.8. The molecule has 9 heteroatoms. The number of nitrogens with zero attached hydrogens (tertiary/aromatic N) is 6. The van der Waals surface area contributed by atoms with E-state index in [1.165, 1.54) is 6.33 Å². The van der Waals surface area contributed by atoms with Gasteiger partial charge >= 0.3 is 0 Å². The molecule has 1 aromatic carbocycles. The molecule has 0 saturated heterocycles. The fourth-order valence-corrected chi connectivity index (χ4v) is 3.37. The van der Waals surface area contributed by atoms with Crippen molar-refractivity contribution >= 4 is 22.8 Å². The molecule has 2 heterocycles. The molecular formula is C20H22N6O2S. The summed E-state index contributed by atoms with van der Waals surface area (Å²) in [7, 11) is 3.64. The molecule has 1 N–H and O–H groups in total. The van der Waals surface area contributed by atoms with Gasteiger partial charge in [0.25, 0.3) is 5.12 Å². The average Bonchev–Trinajstić information content (AvgIpc) is 2.70. The van der Waals surface area contributed by atoms with Crippen molar-refractivity contribution in [2.24, 2.45) is 0 Å². The van der Waals surface area contributed by atoms with Crippen molar-refractivity contribution in [3.8, 4) is 5.75 Å². The molecule has 0 radical (unpaired) electrons. The molecule has 0 spiro atoms. The van der Waals surface area contributed by atoms with Crippen LogP contribution >= 0.6 is 11.8 Å². The fraction of sp³-hybridized carbons (Fsp3) is 0.300. The number of carbonyl (C=O) groups excluding carboxylic acids is 1. The normalized spacial score (nSPS) is 10.8. The van der Waals surface area contributed by atoms with Crippen LogP contribution in [0, 0.1) is 13.8 Å². The van der Waals surface area contributed by atoms with Gasteiger partial charge in [0.1, 0.15) is 17.9 Å². The zero-order chi connectivity index (χ0) is 21.0. The molecule has 3 rings (SSSR count). The Labute approximate surface area is 173 Å². The van der Waals surface area contributed by atoms with Crippen LogP contribution in [0.1, 0.15) is 33.1 Å². The third-order valence-electron chi connectivity index (χ3n) is 4.19. The van der Waals surface area contributed by atoms with Gasteiger partial charge in [-0.15, -0.1) is 0 Å². The van der Waals surface area contributed by atoms with E-state index in [1.807, 2.05) is 40.1 Å². The predicted molar refractivity (Wildman–Crippen MR) is 111 cm³/mol. The fourth-order valence-electron chi connectivity index (χ4n) is 2.75.